The topological polar surface area (TPSA) is 0 Å². The second-order valence-corrected chi connectivity index (χ2v) is 5.84. The van der Waals surface area contributed by atoms with Gasteiger partial charge in [0.05, 0.1) is 0 Å². The summed E-state index contributed by atoms with van der Waals surface area (Å²) in [6, 6.07) is 13.7. The van der Waals surface area contributed by atoms with Gasteiger partial charge in [0.1, 0.15) is 0 Å². The van der Waals surface area contributed by atoms with E-state index < -0.39 is 0 Å². The highest BCUT2D eigenvalue weighted by Gasteiger charge is 2.07. The van der Waals surface area contributed by atoms with Crippen LogP contribution in [0.1, 0.15) is 24.8 Å². The predicted molar refractivity (Wildman–Crippen MR) is 75.3 cm³/mol. The van der Waals surface area contributed by atoms with E-state index in [-0.39, 0.29) is 0 Å². The summed E-state index contributed by atoms with van der Waals surface area (Å²) in [7, 11) is 1.14. The van der Waals surface area contributed by atoms with Crippen LogP contribution in [0.3, 0.4) is 0 Å². The minimum atomic E-state index is 1.14. The summed E-state index contributed by atoms with van der Waals surface area (Å²) in [6.45, 7) is 0. The van der Waals surface area contributed by atoms with Crippen LogP contribution in [-0.4, -0.2) is 10.2 Å². The molecule has 0 saturated carbocycles. The van der Waals surface area contributed by atoms with Crippen LogP contribution < -0.4 is 5.19 Å². The molecule has 0 nitrogen and oxygen atoms in total. The largest absolute Gasteiger partial charge is 0.0807 e. The van der Waals surface area contributed by atoms with Crippen molar-refractivity contribution in [3.8, 4) is 0 Å². The number of allylic oxidation sites excluding steroid dienone is 2. The predicted octanol–water partition coefficient (Wildman–Crippen LogP) is 2.40. The van der Waals surface area contributed by atoms with E-state index in [1.54, 1.807) is 0 Å². The first kappa shape index (κ1) is 9.85. The summed E-state index contributed by atoms with van der Waals surface area (Å²) in [4.78, 5) is 0. The molecular formula is C15H16Si. The molecule has 2 aromatic carbocycles. The van der Waals surface area contributed by atoms with Crippen LogP contribution in [-0.2, 0) is 0 Å². The van der Waals surface area contributed by atoms with Crippen molar-refractivity contribution in [1.82, 2.24) is 0 Å². The van der Waals surface area contributed by atoms with Gasteiger partial charge in [0, 0.05) is 10.2 Å². The van der Waals surface area contributed by atoms with Crippen LogP contribution in [0.4, 0.5) is 0 Å². The van der Waals surface area contributed by atoms with Crippen molar-refractivity contribution >= 4 is 31.8 Å². The summed E-state index contributed by atoms with van der Waals surface area (Å²) < 4.78 is 0. The third-order valence-electron chi connectivity index (χ3n) is 3.41. The molecule has 80 valence electrons. The molecule has 0 aromatic heterocycles. The zero-order chi connectivity index (χ0) is 11.0. The van der Waals surface area contributed by atoms with Gasteiger partial charge in [0.2, 0.25) is 0 Å². The average molecular weight is 224 g/mol. The Bertz CT molecular complexity index is 567. The van der Waals surface area contributed by atoms with Crippen LogP contribution in [0.25, 0.3) is 16.3 Å². The number of hydrogen-bond acceptors (Lipinski definition) is 0. The van der Waals surface area contributed by atoms with Gasteiger partial charge in [-0.3, -0.25) is 0 Å². The summed E-state index contributed by atoms with van der Waals surface area (Å²) in [5, 5.41) is 4.24. The van der Waals surface area contributed by atoms with Crippen molar-refractivity contribution in [1.29, 1.82) is 0 Å². The highest BCUT2D eigenvalue weighted by atomic mass is 28.1. The third-order valence-corrected chi connectivity index (χ3v) is 4.03. The van der Waals surface area contributed by atoms with Gasteiger partial charge < -0.3 is 0 Å². The van der Waals surface area contributed by atoms with E-state index >= 15 is 0 Å². The van der Waals surface area contributed by atoms with Crippen molar-refractivity contribution in [3.05, 3.63) is 48.0 Å². The standard InChI is InChI=1S/C15H16Si/c16-15-8-7-13-9-12(5-6-14(13)10-15)11-3-1-2-4-11/h3,5-10H,1-2,4H2,16H3. The summed E-state index contributed by atoms with van der Waals surface area (Å²) >= 11 is 0. The molecule has 0 aliphatic heterocycles. The maximum Gasteiger partial charge on any atom is 0.0385 e. The van der Waals surface area contributed by atoms with Gasteiger partial charge in [-0.15, -0.1) is 0 Å². The molecule has 1 aliphatic carbocycles. The van der Waals surface area contributed by atoms with Crippen LogP contribution in [0.2, 0.25) is 0 Å². The lowest BCUT2D eigenvalue weighted by Gasteiger charge is -2.05. The van der Waals surface area contributed by atoms with Crippen molar-refractivity contribution in [2.45, 2.75) is 19.3 Å². The van der Waals surface area contributed by atoms with E-state index in [1.807, 2.05) is 0 Å². The van der Waals surface area contributed by atoms with Crippen molar-refractivity contribution < 1.29 is 0 Å². The molecular weight excluding hydrogens is 208 g/mol. The van der Waals surface area contributed by atoms with Crippen LogP contribution in [0.15, 0.2) is 42.5 Å². The number of fused-ring (bicyclic) bond motifs is 1. The molecule has 0 N–H and O–H groups in total. The molecule has 2 aromatic rings. The zero-order valence-corrected chi connectivity index (χ0v) is 11.7. The Labute approximate surface area is 99.4 Å². The third kappa shape index (κ3) is 1.72. The van der Waals surface area contributed by atoms with E-state index in [2.05, 4.69) is 42.5 Å². The summed E-state index contributed by atoms with van der Waals surface area (Å²) in [6.07, 6.45) is 6.23. The summed E-state index contributed by atoms with van der Waals surface area (Å²) in [5.41, 5.74) is 2.96. The highest BCUT2D eigenvalue weighted by molar-refractivity contribution is 6.33. The van der Waals surface area contributed by atoms with E-state index in [4.69, 9.17) is 0 Å². The Balaban J connectivity index is 2.12. The van der Waals surface area contributed by atoms with Crippen molar-refractivity contribution in [2.24, 2.45) is 0 Å². The fourth-order valence-electron chi connectivity index (χ4n) is 2.50. The van der Waals surface area contributed by atoms with Crippen LogP contribution in [0, 0.1) is 0 Å². The van der Waals surface area contributed by atoms with Gasteiger partial charge >= 0.3 is 0 Å². The molecule has 0 bridgehead atoms. The van der Waals surface area contributed by atoms with E-state index in [0.717, 1.165) is 10.2 Å². The lowest BCUT2D eigenvalue weighted by Crippen LogP contribution is -1.99. The fraction of sp³-hybridized carbons (Fsp3) is 0.200. The molecule has 3 rings (SSSR count). The number of rotatable bonds is 1. The monoisotopic (exact) mass is 224 g/mol. The normalized spacial score (nSPS) is 15.6. The minimum Gasteiger partial charge on any atom is -0.0807 e. The fourth-order valence-corrected chi connectivity index (χ4v) is 2.98. The lowest BCUT2D eigenvalue weighted by molar-refractivity contribution is 0.935. The van der Waals surface area contributed by atoms with Gasteiger partial charge in [-0.25, -0.2) is 0 Å². The Morgan fingerprint density at radius 3 is 2.56 bits per heavy atom. The Morgan fingerprint density at radius 1 is 0.938 bits per heavy atom. The van der Waals surface area contributed by atoms with Crippen molar-refractivity contribution in [2.75, 3.05) is 0 Å². The highest BCUT2D eigenvalue weighted by Crippen LogP contribution is 2.29. The van der Waals surface area contributed by atoms with E-state index in [0.29, 0.717) is 0 Å². The van der Waals surface area contributed by atoms with Gasteiger partial charge in [-0.1, -0.05) is 41.6 Å². The molecule has 1 aliphatic rings. The molecule has 0 amide bonds. The van der Waals surface area contributed by atoms with Gasteiger partial charge in [0.25, 0.3) is 0 Å². The molecule has 0 atom stereocenters. The molecule has 0 spiro atoms. The van der Waals surface area contributed by atoms with Gasteiger partial charge in [-0.2, -0.15) is 0 Å². The molecule has 0 fully saturated rings. The molecule has 0 unspecified atom stereocenters. The number of benzene rings is 2. The van der Waals surface area contributed by atoms with Crippen LogP contribution in [0.5, 0.6) is 0 Å². The van der Waals surface area contributed by atoms with Crippen molar-refractivity contribution in [3.63, 3.8) is 0 Å². The molecule has 0 radical (unpaired) electrons. The maximum atomic E-state index is 2.39. The first-order valence-corrected chi connectivity index (χ1v) is 7.03. The Kier molecular flexibility index (Phi) is 2.41. The molecule has 0 saturated heterocycles. The molecule has 1 heteroatoms. The SMILES string of the molecule is [SiH3]c1ccc2cc(C3=CCCC3)ccc2c1. The first-order chi connectivity index (χ1) is 7.83. The molecule has 0 heterocycles. The second-order valence-electron chi connectivity index (χ2n) is 4.69. The first-order valence-electron chi connectivity index (χ1n) is 6.03. The average Bonchev–Trinajstić information content (AvgIpc) is 2.82. The van der Waals surface area contributed by atoms with Gasteiger partial charge in [-0.05, 0) is 47.2 Å². The Hall–Kier alpha value is -1.34. The summed E-state index contributed by atoms with van der Waals surface area (Å²) in [5.74, 6) is 0. The van der Waals surface area contributed by atoms with E-state index in [9.17, 15) is 0 Å². The lowest BCUT2D eigenvalue weighted by atomic mass is 10.0. The van der Waals surface area contributed by atoms with Crippen LogP contribution >= 0.6 is 0 Å². The minimum absolute atomic E-state index is 1.14. The second kappa shape index (κ2) is 3.91. The maximum absolute atomic E-state index is 2.39. The smallest absolute Gasteiger partial charge is 0.0385 e. The van der Waals surface area contributed by atoms with E-state index in [1.165, 1.54) is 46.4 Å². The Morgan fingerprint density at radius 2 is 1.75 bits per heavy atom. The van der Waals surface area contributed by atoms with Gasteiger partial charge in [0.15, 0.2) is 0 Å². The number of hydrogen-bond donors (Lipinski definition) is 0. The zero-order valence-electron chi connectivity index (χ0n) is 9.66. The quantitative estimate of drug-likeness (QED) is 0.653. The molecule has 16 heavy (non-hydrogen) atoms.